The molecule has 0 radical (unpaired) electrons. The van der Waals surface area contributed by atoms with Gasteiger partial charge in [-0.2, -0.15) is 24.0 Å². The summed E-state index contributed by atoms with van der Waals surface area (Å²) in [6.07, 6.45) is 1.61. The molecule has 0 aromatic heterocycles. The number of hydrogen-bond acceptors (Lipinski definition) is 5. The van der Waals surface area contributed by atoms with Gasteiger partial charge in [-0.3, -0.25) is 9.59 Å². The molecule has 2 saturated heterocycles. The second-order valence-electron chi connectivity index (χ2n) is 19.6. The summed E-state index contributed by atoms with van der Waals surface area (Å²) in [6, 6.07) is 7.57. The third-order valence-corrected chi connectivity index (χ3v) is 13.2. The predicted octanol–water partition coefficient (Wildman–Crippen LogP) is 16.8. The summed E-state index contributed by atoms with van der Waals surface area (Å²) < 4.78 is 229. The Morgan fingerprint density at radius 2 is 0.929 bits per heavy atom. The van der Waals surface area contributed by atoms with Gasteiger partial charge in [0.1, 0.15) is 51.7 Å². The molecule has 25 heteroatoms. The van der Waals surface area contributed by atoms with Gasteiger partial charge in [-0.05, 0) is 160 Å². The van der Waals surface area contributed by atoms with Gasteiger partial charge >= 0.3 is 31.1 Å². The number of nitrogens with one attached hydrogen (secondary N) is 1. The van der Waals surface area contributed by atoms with Gasteiger partial charge in [0, 0.05) is 56.4 Å². The molecule has 8 rings (SSSR count). The molecule has 6 nitrogen and oxygen atoms in total. The number of nitrogens with zero attached hydrogens (tertiary/aromatic N) is 1. The van der Waals surface area contributed by atoms with Crippen molar-refractivity contribution in [1.82, 2.24) is 10.2 Å². The Hall–Kier alpha value is -5.54. The van der Waals surface area contributed by atoms with Crippen LogP contribution < -0.4 is 33.7 Å². The SMILES string of the molecule is C.C.CC1(C)CCCC(C)(C)N1.Fc1cc(OC(F)(F)c2c(F)cc(Br)cc2F)ccc1-c1cc(F)c(F)c(F)c1.O=CN1CCCCC1.O=Cc1c(Br)cc(F)c(C(F)(F)Oc2ccc(-c3cc(F)c(F)c(F)c3)c(F)c2)c1F.[CH2-]CCC.[Li+]. The number of benzene rings is 6. The van der Waals surface area contributed by atoms with Gasteiger partial charge in [-0.25, -0.2) is 52.7 Å². The average Bonchev–Trinajstić information content (AvgIpc) is 2.00. The summed E-state index contributed by atoms with van der Waals surface area (Å²) >= 11 is 5.40. The largest absolute Gasteiger partial charge is 1.00 e. The molecule has 0 saturated carbocycles. The topological polar surface area (TPSA) is 67.9 Å². The second-order valence-corrected chi connectivity index (χ2v) is 21.4. The van der Waals surface area contributed by atoms with Gasteiger partial charge in [-0.15, -0.1) is 0 Å². The number of ether oxygens (including phenoxy) is 2. The minimum Gasteiger partial charge on any atom is -0.429 e. The number of halogens is 18. The van der Waals surface area contributed by atoms with Crippen LogP contribution in [-0.4, -0.2) is 41.8 Å². The molecular formula is C60H61Br2F16LiN2O4. The van der Waals surface area contributed by atoms with Gasteiger partial charge in [-0.1, -0.05) is 44.1 Å². The Bertz CT molecular complexity index is 3120. The zero-order valence-corrected chi connectivity index (χ0v) is 48.5. The molecule has 1 amide bonds. The summed E-state index contributed by atoms with van der Waals surface area (Å²) in [4.78, 5) is 22.8. The van der Waals surface area contributed by atoms with Crippen LogP contribution >= 0.6 is 31.9 Å². The van der Waals surface area contributed by atoms with Crippen LogP contribution in [0, 0.1) is 76.7 Å². The van der Waals surface area contributed by atoms with E-state index in [-0.39, 0.29) is 44.5 Å². The van der Waals surface area contributed by atoms with E-state index in [1.54, 1.807) is 0 Å². The summed E-state index contributed by atoms with van der Waals surface area (Å²) in [5.41, 5.74) is -5.50. The number of hydrogen-bond donors (Lipinski definition) is 1. The van der Waals surface area contributed by atoms with Crippen molar-refractivity contribution in [3.8, 4) is 33.8 Å². The number of carbonyl (C=O) groups is 2. The summed E-state index contributed by atoms with van der Waals surface area (Å²) in [5, 5.41) is 3.63. The minimum absolute atomic E-state index is 0. The first-order valence-corrected chi connectivity index (χ1v) is 26.4. The summed E-state index contributed by atoms with van der Waals surface area (Å²) in [5.74, 6) is -21.0. The summed E-state index contributed by atoms with van der Waals surface area (Å²) in [6.45, 7) is 16.8. The molecule has 6 aromatic carbocycles. The van der Waals surface area contributed by atoms with Crippen molar-refractivity contribution >= 4 is 44.6 Å². The monoisotopic (exact) mass is 1340 g/mol. The molecule has 1 N–H and O–H groups in total. The van der Waals surface area contributed by atoms with Crippen molar-refractivity contribution < 1.29 is 108 Å². The van der Waals surface area contributed by atoms with Crippen LogP contribution in [0.25, 0.3) is 22.3 Å². The standard InChI is InChI=1S/C20H7BrF8O2.C19H7BrF8O.C9H19N.C6H11NO.C4H9.2CH4.Li/c21-12-6-14(23)17(18(26)11(12)7-30)20(28,29)31-9-1-2-10(13(22)5-9)8-3-15(24)19(27)16(25)4-8;20-9-5-13(22)17(14(23)6-9)19(27,28)29-10-1-2-11(12(21)7-10)8-3-15(24)18(26)16(25)4-8;1-8(2)6-5-7-9(3,4)10-8;8-6-7-4-2-1-3-5-7;1-3-4-2;;;/h1-7H;1-7H;10H,5-7H2,1-4H3;6H,1-5H2;1,3-4H2,2H3;2*1H4;/q;;;;-1;;;+1. The van der Waals surface area contributed by atoms with E-state index in [9.17, 15) is 79.8 Å². The third kappa shape index (κ3) is 21.7. The number of unbranched alkanes of at least 4 members (excludes halogenated alkanes) is 1. The molecule has 2 fully saturated rings. The number of likely N-dealkylation sites (tertiary alicyclic amines) is 1. The first-order valence-electron chi connectivity index (χ1n) is 24.8. The Labute approximate surface area is 512 Å². The molecule has 2 aliphatic rings. The molecule has 2 heterocycles. The quantitative estimate of drug-likeness (QED) is 0.0460. The maximum Gasteiger partial charge on any atom is 1.00 e. The van der Waals surface area contributed by atoms with Crippen LogP contribution in [0.1, 0.15) is 122 Å². The van der Waals surface area contributed by atoms with Gasteiger partial charge in [0.15, 0.2) is 47.0 Å². The van der Waals surface area contributed by atoms with E-state index in [0.717, 1.165) is 50.2 Å². The van der Waals surface area contributed by atoms with Crippen LogP contribution in [0.4, 0.5) is 70.2 Å². The Balaban J connectivity index is 0.000000612. The maximum absolute atomic E-state index is 14.4. The van der Waals surface area contributed by atoms with E-state index in [1.165, 1.54) is 44.9 Å². The number of amides is 1. The Kier molecular flexibility index (Phi) is 30.6. The fourth-order valence-electron chi connectivity index (χ4n) is 8.24. The van der Waals surface area contributed by atoms with E-state index < -0.39 is 137 Å². The molecule has 0 spiro atoms. The molecule has 6 aromatic rings. The zero-order chi connectivity index (χ0) is 61.7. The Morgan fingerprint density at radius 1 is 0.553 bits per heavy atom. The zero-order valence-electron chi connectivity index (χ0n) is 45.3. The number of aldehydes is 1. The van der Waals surface area contributed by atoms with Crippen molar-refractivity contribution in [1.29, 1.82) is 0 Å². The number of carbonyl (C=O) groups excluding carboxylic acids is 2. The fraction of sp³-hybridized carbons (Fsp3) is 0.350. The Morgan fingerprint density at radius 3 is 1.25 bits per heavy atom. The van der Waals surface area contributed by atoms with Gasteiger partial charge in [0.2, 0.25) is 6.41 Å². The molecule has 0 unspecified atom stereocenters. The van der Waals surface area contributed by atoms with Crippen LogP contribution in [0.3, 0.4) is 0 Å². The van der Waals surface area contributed by atoms with Gasteiger partial charge in [0.05, 0.1) is 5.56 Å². The molecule has 85 heavy (non-hydrogen) atoms. The van der Waals surface area contributed by atoms with Crippen molar-refractivity contribution in [3.05, 3.63) is 181 Å². The van der Waals surface area contributed by atoms with Crippen LogP contribution in [0.15, 0.2) is 87.8 Å². The molecule has 2 aliphatic heterocycles. The molecule has 0 atom stereocenters. The van der Waals surface area contributed by atoms with Gasteiger partial charge < -0.3 is 26.6 Å². The third-order valence-electron chi connectivity index (χ3n) is 12.0. The van der Waals surface area contributed by atoms with Crippen molar-refractivity contribution in [3.63, 3.8) is 0 Å². The fourth-order valence-corrected chi connectivity index (χ4v) is 9.12. The first kappa shape index (κ1) is 77.5. The van der Waals surface area contributed by atoms with E-state index in [0.29, 0.717) is 65.7 Å². The normalized spacial score (nSPS) is 14.0. The average molecular weight is 1340 g/mol. The minimum atomic E-state index is -4.67. The van der Waals surface area contributed by atoms with Crippen molar-refractivity contribution in [2.75, 3.05) is 13.1 Å². The second kappa shape index (κ2) is 33.5. The number of rotatable bonds is 11. The van der Waals surface area contributed by atoms with E-state index in [4.69, 9.17) is 0 Å². The van der Waals surface area contributed by atoms with Crippen LogP contribution in [0.2, 0.25) is 0 Å². The van der Waals surface area contributed by atoms with Crippen molar-refractivity contribution in [2.45, 2.75) is 124 Å². The molecule has 0 aliphatic carbocycles. The van der Waals surface area contributed by atoms with Crippen LogP contribution in [-0.2, 0) is 17.0 Å². The first-order chi connectivity index (χ1) is 38.2. The predicted molar refractivity (Wildman–Crippen MR) is 296 cm³/mol. The van der Waals surface area contributed by atoms with E-state index in [2.05, 4.69) is 88.2 Å². The number of piperidine rings is 2. The smallest absolute Gasteiger partial charge is 0.429 e. The molecule has 462 valence electrons. The van der Waals surface area contributed by atoms with E-state index >= 15 is 0 Å². The van der Waals surface area contributed by atoms with Gasteiger partial charge in [0.25, 0.3) is 0 Å². The van der Waals surface area contributed by atoms with E-state index in [1.807, 2.05) is 4.90 Å². The maximum atomic E-state index is 14.4. The van der Waals surface area contributed by atoms with Crippen LogP contribution in [0.5, 0.6) is 11.5 Å². The summed E-state index contributed by atoms with van der Waals surface area (Å²) in [7, 11) is 0. The molecule has 0 bridgehead atoms. The number of alkyl halides is 4. The van der Waals surface area contributed by atoms with Crippen molar-refractivity contribution in [2.24, 2.45) is 0 Å². The molecular weight excluding hydrogens is 1280 g/mol.